The van der Waals surface area contributed by atoms with E-state index in [9.17, 15) is 19.7 Å². The molecule has 26 heavy (non-hydrogen) atoms. The van der Waals surface area contributed by atoms with E-state index in [0.717, 1.165) is 4.90 Å². The van der Waals surface area contributed by atoms with Crippen molar-refractivity contribution in [1.82, 2.24) is 0 Å². The van der Waals surface area contributed by atoms with E-state index in [-0.39, 0.29) is 11.4 Å². The summed E-state index contributed by atoms with van der Waals surface area (Å²) in [7, 11) is 0. The van der Waals surface area contributed by atoms with Gasteiger partial charge in [0.25, 0.3) is 11.6 Å². The standard InChI is InChI=1S/C17H15ClN2O5S/c1-11(17(22)19-13-4-6-14(7-5-13)20(23)24)25-16(21)10-26-15-8-2-12(18)3-9-15/h2-9,11H,10H2,1H3,(H,19,22). The molecule has 0 radical (unpaired) electrons. The Hall–Kier alpha value is -2.58. The van der Waals surface area contributed by atoms with E-state index in [1.54, 1.807) is 24.3 Å². The van der Waals surface area contributed by atoms with Crippen LogP contribution >= 0.6 is 23.4 Å². The van der Waals surface area contributed by atoms with Gasteiger partial charge in [0.05, 0.1) is 10.7 Å². The SMILES string of the molecule is CC(OC(=O)CSc1ccc(Cl)cc1)C(=O)Nc1ccc([N+](=O)[O-])cc1. The zero-order valence-corrected chi connectivity index (χ0v) is 15.3. The van der Waals surface area contributed by atoms with Crippen LogP contribution in [-0.4, -0.2) is 28.7 Å². The smallest absolute Gasteiger partial charge is 0.317 e. The fraction of sp³-hybridized carbons (Fsp3) is 0.176. The number of esters is 1. The minimum atomic E-state index is -0.997. The fourth-order valence-electron chi connectivity index (χ4n) is 1.87. The molecule has 0 aliphatic heterocycles. The molecule has 0 bridgehead atoms. The molecule has 0 saturated carbocycles. The summed E-state index contributed by atoms with van der Waals surface area (Å²) in [5, 5.41) is 13.7. The quantitative estimate of drug-likeness (QED) is 0.331. The van der Waals surface area contributed by atoms with Gasteiger partial charge in [0.15, 0.2) is 6.10 Å². The predicted octanol–water partition coefficient (Wildman–Crippen LogP) is 3.91. The number of rotatable bonds is 7. The summed E-state index contributed by atoms with van der Waals surface area (Å²) in [4.78, 5) is 34.8. The second-order valence-corrected chi connectivity index (χ2v) is 6.65. The van der Waals surface area contributed by atoms with Gasteiger partial charge in [-0.2, -0.15) is 0 Å². The molecule has 0 fully saturated rings. The highest BCUT2D eigenvalue weighted by molar-refractivity contribution is 8.00. The first-order valence-corrected chi connectivity index (χ1v) is 8.84. The molecule has 136 valence electrons. The minimum absolute atomic E-state index is 0.0524. The highest BCUT2D eigenvalue weighted by Gasteiger charge is 2.18. The fourth-order valence-corrected chi connectivity index (χ4v) is 2.68. The van der Waals surface area contributed by atoms with E-state index in [4.69, 9.17) is 16.3 Å². The Morgan fingerprint density at radius 3 is 2.38 bits per heavy atom. The van der Waals surface area contributed by atoms with E-state index in [2.05, 4.69) is 5.32 Å². The van der Waals surface area contributed by atoms with E-state index in [1.807, 2.05) is 0 Å². The van der Waals surface area contributed by atoms with E-state index < -0.39 is 22.9 Å². The maximum absolute atomic E-state index is 12.0. The van der Waals surface area contributed by atoms with Gasteiger partial charge in [0, 0.05) is 27.7 Å². The first-order chi connectivity index (χ1) is 12.3. The third kappa shape index (κ3) is 6.05. The van der Waals surface area contributed by atoms with Crippen molar-refractivity contribution in [3.8, 4) is 0 Å². The van der Waals surface area contributed by atoms with Crippen molar-refractivity contribution in [2.75, 3.05) is 11.1 Å². The predicted molar refractivity (Wildman–Crippen MR) is 99.5 cm³/mol. The molecule has 0 heterocycles. The Kier molecular flexibility index (Phi) is 6.99. The first kappa shape index (κ1) is 19.7. The first-order valence-electron chi connectivity index (χ1n) is 7.48. The number of hydrogen-bond donors (Lipinski definition) is 1. The molecule has 0 aromatic heterocycles. The summed E-state index contributed by atoms with van der Waals surface area (Å²) in [6.45, 7) is 1.45. The molecule has 0 aliphatic carbocycles. The van der Waals surface area contributed by atoms with Crippen LogP contribution in [0, 0.1) is 10.1 Å². The topological polar surface area (TPSA) is 98.5 Å². The molecule has 7 nitrogen and oxygen atoms in total. The van der Waals surface area contributed by atoms with Crippen molar-refractivity contribution >= 4 is 46.6 Å². The number of benzene rings is 2. The van der Waals surface area contributed by atoms with Crippen molar-refractivity contribution in [3.63, 3.8) is 0 Å². The number of anilines is 1. The minimum Gasteiger partial charge on any atom is -0.452 e. The molecule has 2 aromatic carbocycles. The average Bonchev–Trinajstić information content (AvgIpc) is 2.61. The number of ether oxygens (including phenoxy) is 1. The van der Waals surface area contributed by atoms with E-state index in [1.165, 1.54) is 43.0 Å². The molecular weight excluding hydrogens is 380 g/mol. The number of nitro benzene ring substituents is 1. The molecule has 2 aromatic rings. The third-order valence-corrected chi connectivity index (χ3v) is 4.43. The van der Waals surface area contributed by atoms with Crippen LogP contribution in [0.5, 0.6) is 0 Å². The van der Waals surface area contributed by atoms with Gasteiger partial charge in [0.1, 0.15) is 0 Å². The van der Waals surface area contributed by atoms with Crippen LogP contribution < -0.4 is 5.32 Å². The van der Waals surface area contributed by atoms with Gasteiger partial charge in [-0.3, -0.25) is 19.7 Å². The summed E-state index contributed by atoms with van der Waals surface area (Å²) >= 11 is 7.06. The number of carbonyl (C=O) groups is 2. The monoisotopic (exact) mass is 394 g/mol. The molecule has 2 rings (SSSR count). The van der Waals surface area contributed by atoms with Crippen LogP contribution in [-0.2, 0) is 14.3 Å². The van der Waals surface area contributed by atoms with Gasteiger partial charge >= 0.3 is 5.97 Å². The lowest BCUT2D eigenvalue weighted by molar-refractivity contribution is -0.384. The van der Waals surface area contributed by atoms with Crippen LogP contribution in [0.25, 0.3) is 0 Å². The zero-order valence-electron chi connectivity index (χ0n) is 13.7. The number of halogens is 1. The van der Waals surface area contributed by atoms with Crippen LogP contribution in [0.4, 0.5) is 11.4 Å². The lowest BCUT2D eigenvalue weighted by Crippen LogP contribution is -2.30. The average molecular weight is 395 g/mol. The zero-order chi connectivity index (χ0) is 19.1. The number of amides is 1. The number of nitrogens with one attached hydrogen (secondary N) is 1. The molecule has 9 heteroatoms. The highest BCUT2D eigenvalue weighted by Crippen LogP contribution is 2.20. The Morgan fingerprint density at radius 1 is 1.19 bits per heavy atom. The number of thioether (sulfide) groups is 1. The molecule has 1 amide bonds. The number of hydrogen-bond acceptors (Lipinski definition) is 6. The van der Waals surface area contributed by atoms with Crippen molar-refractivity contribution in [2.45, 2.75) is 17.9 Å². The molecule has 1 unspecified atom stereocenters. The van der Waals surface area contributed by atoms with Crippen LogP contribution in [0.3, 0.4) is 0 Å². The summed E-state index contributed by atoms with van der Waals surface area (Å²) in [5.74, 6) is -1.00. The molecule has 0 saturated heterocycles. The maximum atomic E-state index is 12.0. The van der Waals surface area contributed by atoms with Crippen LogP contribution in [0.2, 0.25) is 5.02 Å². The Balaban J connectivity index is 1.80. The van der Waals surface area contributed by atoms with E-state index in [0.29, 0.717) is 10.7 Å². The number of non-ortho nitro benzene ring substituents is 1. The van der Waals surface area contributed by atoms with Crippen LogP contribution in [0.1, 0.15) is 6.92 Å². The number of carbonyl (C=O) groups excluding carboxylic acids is 2. The number of nitrogens with zero attached hydrogens (tertiary/aromatic N) is 1. The lowest BCUT2D eigenvalue weighted by Gasteiger charge is -2.13. The summed E-state index contributed by atoms with van der Waals surface area (Å²) in [6.07, 6.45) is -0.997. The van der Waals surface area contributed by atoms with Crippen molar-refractivity contribution < 1.29 is 19.2 Å². The van der Waals surface area contributed by atoms with Crippen molar-refractivity contribution in [1.29, 1.82) is 0 Å². The van der Waals surface area contributed by atoms with Gasteiger partial charge in [-0.15, -0.1) is 11.8 Å². The second kappa shape index (κ2) is 9.21. The van der Waals surface area contributed by atoms with Gasteiger partial charge in [-0.25, -0.2) is 0 Å². The highest BCUT2D eigenvalue weighted by atomic mass is 35.5. The normalized spacial score (nSPS) is 11.5. The largest absolute Gasteiger partial charge is 0.452 e. The van der Waals surface area contributed by atoms with Gasteiger partial charge in [0.2, 0.25) is 0 Å². The Bertz CT molecular complexity index is 796. The van der Waals surface area contributed by atoms with Gasteiger partial charge < -0.3 is 10.1 Å². The Labute approximate surface area is 158 Å². The third-order valence-electron chi connectivity index (χ3n) is 3.19. The molecule has 1 atom stereocenters. The molecule has 0 spiro atoms. The Morgan fingerprint density at radius 2 is 1.81 bits per heavy atom. The molecule has 1 N–H and O–H groups in total. The van der Waals surface area contributed by atoms with Gasteiger partial charge in [-0.05, 0) is 43.3 Å². The molecular formula is C17H15ClN2O5S. The van der Waals surface area contributed by atoms with Crippen LogP contribution in [0.15, 0.2) is 53.4 Å². The number of nitro groups is 1. The van der Waals surface area contributed by atoms with Gasteiger partial charge in [-0.1, -0.05) is 11.6 Å². The van der Waals surface area contributed by atoms with E-state index >= 15 is 0 Å². The van der Waals surface area contributed by atoms with Crippen molar-refractivity contribution in [2.24, 2.45) is 0 Å². The molecule has 0 aliphatic rings. The summed E-state index contributed by atoms with van der Waals surface area (Å²) in [5.41, 5.74) is 0.292. The summed E-state index contributed by atoms with van der Waals surface area (Å²) in [6, 6.07) is 12.4. The summed E-state index contributed by atoms with van der Waals surface area (Å²) < 4.78 is 5.09. The second-order valence-electron chi connectivity index (χ2n) is 5.17. The maximum Gasteiger partial charge on any atom is 0.317 e. The van der Waals surface area contributed by atoms with Crippen molar-refractivity contribution in [3.05, 3.63) is 63.7 Å². The lowest BCUT2D eigenvalue weighted by atomic mass is 10.2.